The van der Waals surface area contributed by atoms with Gasteiger partial charge in [-0.05, 0) is 44.7 Å². The van der Waals surface area contributed by atoms with Gasteiger partial charge in [0.2, 0.25) is 0 Å². The lowest BCUT2D eigenvalue weighted by atomic mass is 10.0. The third-order valence-corrected chi connectivity index (χ3v) is 3.79. The van der Waals surface area contributed by atoms with E-state index in [0.29, 0.717) is 0 Å². The first-order valence-electron chi connectivity index (χ1n) is 6.66. The number of rotatable bonds is 2. The summed E-state index contributed by atoms with van der Waals surface area (Å²) >= 11 is 0. The van der Waals surface area contributed by atoms with Crippen LogP contribution in [0.5, 0.6) is 0 Å². The van der Waals surface area contributed by atoms with Crippen molar-refractivity contribution in [1.82, 2.24) is 9.88 Å². The molecule has 1 saturated carbocycles. The molecule has 1 aromatic heterocycles. The van der Waals surface area contributed by atoms with Crippen LogP contribution in [0.2, 0.25) is 0 Å². The number of hydrogen-bond acceptors (Lipinski definition) is 2. The van der Waals surface area contributed by atoms with Crippen LogP contribution in [0.15, 0.2) is 29.3 Å². The molecule has 2 aliphatic rings. The second kappa shape index (κ2) is 4.61. The molecule has 0 atom stereocenters. The van der Waals surface area contributed by atoms with Crippen molar-refractivity contribution in [2.45, 2.75) is 39.2 Å². The third kappa shape index (κ3) is 2.75. The molecule has 0 N–H and O–H groups in total. The molecule has 0 spiro atoms. The van der Waals surface area contributed by atoms with Crippen molar-refractivity contribution in [1.29, 1.82) is 0 Å². The van der Waals surface area contributed by atoms with Crippen molar-refractivity contribution in [2.75, 3.05) is 13.1 Å². The van der Waals surface area contributed by atoms with Gasteiger partial charge in [0.05, 0.1) is 5.69 Å². The van der Waals surface area contributed by atoms with Crippen LogP contribution in [0.1, 0.15) is 37.1 Å². The van der Waals surface area contributed by atoms with Gasteiger partial charge in [0.25, 0.3) is 0 Å². The van der Waals surface area contributed by atoms with E-state index >= 15 is 0 Å². The van der Waals surface area contributed by atoms with Gasteiger partial charge >= 0.3 is 0 Å². The van der Waals surface area contributed by atoms with Gasteiger partial charge in [-0.3, -0.25) is 9.88 Å². The lowest BCUT2D eigenvalue weighted by Gasteiger charge is -2.28. The minimum atomic E-state index is 1.02. The number of aromatic nitrogens is 1. The van der Waals surface area contributed by atoms with Crippen LogP contribution in [0.3, 0.4) is 0 Å². The Morgan fingerprint density at radius 3 is 2.41 bits per heavy atom. The Morgan fingerprint density at radius 2 is 1.76 bits per heavy atom. The van der Waals surface area contributed by atoms with Crippen molar-refractivity contribution in [3.8, 4) is 0 Å². The summed E-state index contributed by atoms with van der Waals surface area (Å²) in [5.74, 6) is 0. The van der Waals surface area contributed by atoms with E-state index in [4.69, 9.17) is 0 Å². The summed E-state index contributed by atoms with van der Waals surface area (Å²) in [5, 5.41) is 0. The number of likely N-dealkylation sites (tertiary alicyclic amines) is 1. The van der Waals surface area contributed by atoms with Crippen molar-refractivity contribution >= 4 is 0 Å². The van der Waals surface area contributed by atoms with Gasteiger partial charge in [0.1, 0.15) is 0 Å². The van der Waals surface area contributed by atoms with Crippen molar-refractivity contribution < 1.29 is 0 Å². The summed E-state index contributed by atoms with van der Waals surface area (Å²) in [6.45, 7) is 5.52. The first-order valence-corrected chi connectivity index (χ1v) is 6.66. The van der Waals surface area contributed by atoms with Crippen LogP contribution in [0.25, 0.3) is 0 Å². The van der Waals surface area contributed by atoms with Crippen LogP contribution in [-0.4, -0.2) is 23.0 Å². The maximum absolute atomic E-state index is 4.58. The minimum absolute atomic E-state index is 1.02. The van der Waals surface area contributed by atoms with E-state index in [0.717, 1.165) is 12.2 Å². The molecule has 2 fully saturated rings. The molecule has 0 aromatic carbocycles. The van der Waals surface area contributed by atoms with Crippen LogP contribution < -0.4 is 0 Å². The largest absolute Gasteiger partial charge is 0.297 e. The monoisotopic (exact) mass is 228 g/mol. The summed E-state index contributed by atoms with van der Waals surface area (Å²) in [6, 6.07) is 6.32. The number of piperidine rings is 1. The Bertz CT molecular complexity index is 432. The van der Waals surface area contributed by atoms with Gasteiger partial charge in [-0.15, -0.1) is 0 Å². The molecule has 0 radical (unpaired) electrons. The summed E-state index contributed by atoms with van der Waals surface area (Å²) in [5.41, 5.74) is 5.87. The molecule has 0 unspecified atom stereocenters. The zero-order valence-electron chi connectivity index (χ0n) is 10.6. The summed E-state index contributed by atoms with van der Waals surface area (Å²) in [6.07, 6.45) is 5.35. The number of allylic oxidation sites excluding steroid dienone is 1. The van der Waals surface area contributed by atoms with E-state index < -0.39 is 0 Å². The third-order valence-electron chi connectivity index (χ3n) is 3.79. The normalized spacial score (nSPS) is 20.8. The van der Waals surface area contributed by atoms with Crippen molar-refractivity contribution in [2.24, 2.45) is 0 Å². The van der Waals surface area contributed by atoms with E-state index in [-0.39, 0.29) is 0 Å². The number of nitrogens with zero attached hydrogens (tertiary/aromatic N) is 2. The minimum Gasteiger partial charge on any atom is -0.297 e. The van der Waals surface area contributed by atoms with Gasteiger partial charge < -0.3 is 0 Å². The number of hydrogen-bond donors (Lipinski definition) is 0. The fourth-order valence-electron chi connectivity index (χ4n) is 2.67. The standard InChI is InChI=1S/C15H20N2/c1-12-3-2-4-15(16-12)11-17-9-7-14(8-10-17)13-5-6-13/h2-4H,5-11H2,1H3. The average molecular weight is 228 g/mol. The van der Waals surface area contributed by atoms with Crippen LogP contribution in [0.4, 0.5) is 0 Å². The molecule has 3 rings (SSSR count). The van der Waals surface area contributed by atoms with E-state index in [1.807, 2.05) is 0 Å². The fourth-order valence-corrected chi connectivity index (χ4v) is 2.67. The van der Waals surface area contributed by atoms with Crippen LogP contribution in [0, 0.1) is 6.92 Å². The molecule has 1 aliphatic heterocycles. The zero-order valence-corrected chi connectivity index (χ0v) is 10.6. The summed E-state index contributed by atoms with van der Waals surface area (Å²) in [7, 11) is 0. The molecule has 1 saturated heterocycles. The molecule has 0 bridgehead atoms. The molecule has 90 valence electrons. The Hall–Kier alpha value is -1.15. The number of pyridine rings is 1. The molecule has 0 amide bonds. The van der Waals surface area contributed by atoms with E-state index in [9.17, 15) is 0 Å². The second-order valence-electron chi connectivity index (χ2n) is 5.25. The maximum Gasteiger partial charge on any atom is 0.0547 e. The summed E-state index contributed by atoms with van der Waals surface area (Å²) in [4.78, 5) is 7.12. The Labute approximate surface area is 103 Å². The zero-order chi connectivity index (χ0) is 11.7. The number of aryl methyl sites for hydroxylation is 1. The molecular formula is C15H20N2. The molecule has 2 heterocycles. The SMILES string of the molecule is Cc1cccc(CN2CCC(=C3CC3)CC2)n1. The highest BCUT2D eigenvalue weighted by atomic mass is 15.1. The van der Waals surface area contributed by atoms with Gasteiger partial charge in [-0.2, -0.15) is 0 Å². The van der Waals surface area contributed by atoms with Crippen LogP contribution in [-0.2, 0) is 6.54 Å². The first kappa shape index (κ1) is 11.0. The van der Waals surface area contributed by atoms with E-state index in [1.165, 1.54) is 44.5 Å². The van der Waals surface area contributed by atoms with Crippen molar-refractivity contribution in [3.63, 3.8) is 0 Å². The highest BCUT2D eigenvalue weighted by Gasteiger charge is 2.21. The van der Waals surface area contributed by atoms with E-state index in [2.05, 4.69) is 35.0 Å². The van der Waals surface area contributed by atoms with E-state index in [1.54, 1.807) is 11.1 Å². The molecule has 2 nitrogen and oxygen atoms in total. The van der Waals surface area contributed by atoms with Gasteiger partial charge in [0.15, 0.2) is 0 Å². The molecule has 1 aromatic rings. The Kier molecular flexibility index (Phi) is 2.98. The molecule has 17 heavy (non-hydrogen) atoms. The van der Waals surface area contributed by atoms with Crippen LogP contribution >= 0.6 is 0 Å². The maximum atomic E-state index is 4.58. The predicted octanol–water partition coefficient (Wildman–Crippen LogP) is 3.08. The summed E-state index contributed by atoms with van der Waals surface area (Å²) < 4.78 is 0. The molecule has 1 aliphatic carbocycles. The van der Waals surface area contributed by atoms with Gasteiger partial charge in [-0.1, -0.05) is 17.2 Å². The lowest BCUT2D eigenvalue weighted by Crippen LogP contribution is -2.30. The average Bonchev–Trinajstić information content (AvgIpc) is 3.14. The van der Waals surface area contributed by atoms with Gasteiger partial charge in [-0.25, -0.2) is 0 Å². The van der Waals surface area contributed by atoms with Gasteiger partial charge in [0, 0.05) is 25.3 Å². The topological polar surface area (TPSA) is 16.1 Å². The Balaban J connectivity index is 1.58. The first-order chi connectivity index (χ1) is 8.31. The fraction of sp³-hybridized carbons (Fsp3) is 0.533. The highest BCUT2D eigenvalue weighted by molar-refractivity contribution is 5.26. The molecular weight excluding hydrogens is 208 g/mol. The second-order valence-corrected chi connectivity index (χ2v) is 5.25. The smallest absolute Gasteiger partial charge is 0.0547 e. The highest BCUT2D eigenvalue weighted by Crippen LogP contribution is 2.36. The van der Waals surface area contributed by atoms with Crippen molar-refractivity contribution in [3.05, 3.63) is 40.7 Å². The lowest BCUT2D eigenvalue weighted by molar-refractivity contribution is 0.245. The predicted molar refractivity (Wildman–Crippen MR) is 69.7 cm³/mol. The Morgan fingerprint density at radius 1 is 1.06 bits per heavy atom. The molecule has 2 heteroatoms. The quantitative estimate of drug-likeness (QED) is 0.723.